The van der Waals surface area contributed by atoms with Crippen LogP contribution in [0.25, 0.3) is 0 Å². The summed E-state index contributed by atoms with van der Waals surface area (Å²) in [5, 5.41) is 3.67. The molecule has 0 spiro atoms. The number of nitrogens with one attached hydrogen (secondary N) is 1. The molecule has 1 aliphatic heterocycles. The van der Waals surface area contributed by atoms with E-state index in [1.807, 2.05) is 57.7 Å². The number of likely N-dealkylation sites (tertiary alicyclic amines) is 1. The highest BCUT2D eigenvalue weighted by molar-refractivity contribution is 7.18. The third kappa shape index (κ3) is 4.81. The van der Waals surface area contributed by atoms with Crippen LogP contribution in [0, 0.1) is 12.3 Å². The molecular formula is C23H30N2O3S. The minimum atomic E-state index is -0.476. The van der Waals surface area contributed by atoms with Gasteiger partial charge in [0.25, 0.3) is 5.91 Å². The Balaban J connectivity index is 1.77. The van der Waals surface area contributed by atoms with Gasteiger partial charge in [0.15, 0.2) is 0 Å². The molecule has 29 heavy (non-hydrogen) atoms. The second kappa shape index (κ2) is 8.57. The maximum Gasteiger partial charge on any atom is 0.264 e. The second-order valence-electron chi connectivity index (χ2n) is 8.49. The number of carbonyl (C=O) groups excluding carboxylic acids is 2. The van der Waals surface area contributed by atoms with Crippen LogP contribution in [0.1, 0.15) is 67.4 Å². The van der Waals surface area contributed by atoms with Crippen LogP contribution in [0.2, 0.25) is 0 Å². The summed E-state index contributed by atoms with van der Waals surface area (Å²) >= 11 is 1.36. The van der Waals surface area contributed by atoms with Gasteiger partial charge in [0.1, 0.15) is 5.75 Å². The van der Waals surface area contributed by atoms with Crippen LogP contribution in [0.5, 0.6) is 5.75 Å². The van der Waals surface area contributed by atoms with Crippen LogP contribution < -0.4 is 10.1 Å². The Morgan fingerprint density at radius 3 is 2.55 bits per heavy atom. The monoisotopic (exact) mass is 414 g/mol. The van der Waals surface area contributed by atoms with Crippen LogP contribution in [0.4, 0.5) is 5.00 Å². The van der Waals surface area contributed by atoms with Crippen molar-refractivity contribution in [3.05, 3.63) is 46.3 Å². The van der Waals surface area contributed by atoms with Crippen LogP contribution in [0.3, 0.4) is 0 Å². The third-order valence-electron chi connectivity index (χ3n) is 5.12. The van der Waals surface area contributed by atoms with Gasteiger partial charge in [0.05, 0.1) is 22.5 Å². The van der Waals surface area contributed by atoms with Gasteiger partial charge in [-0.05, 0) is 56.0 Å². The summed E-state index contributed by atoms with van der Waals surface area (Å²) < 4.78 is 5.53. The van der Waals surface area contributed by atoms with Gasteiger partial charge in [0.2, 0.25) is 5.91 Å². The summed E-state index contributed by atoms with van der Waals surface area (Å²) in [6.07, 6.45) is 1.94. The molecule has 1 N–H and O–H groups in total. The standard InChI is InChI=1S/C23H30N2O3S/c1-6-28-17-11-9-16(10-12-17)18-8-7-13-25(18)21(26)20-15(2)14-19(29-20)24-22(27)23(3,4)5/h9-12,14,18H,6-8,13H2,1-5H3,(H,24,27). The molecule has 156 valence electrons. The SMILES string of the molecule is CCOc1ccc(C2CCCN2C(=O)c2sc(NC(=O)C(C)(C)C)cc2C)cc1. The maximum atomic E-state index is 13.3. The first-order valence-electron chi connectivity index (χ1n) is 10.2. The van der Waals surface area contributed by atoms with E-state index in [1.54, 1.807) is 0 Å². The number of thiophene rings is 1. The number of aryl methyl sites for hydroxylation is 1. The zero-order valence-corrected chi connectivity index (χ0v) is 18.7. The van der Waals surface area contributed by atoms with Crippen LogP contribution in [-0.4, -0.2) is 29.9 Å². The lowest BCUT2D eigenvalue weighted by molar-refractivity contribution is -0.123. The Labute approximate surface area is 177 Å². The highest BCUT2D eigenvalue weighted by Gasteiger charge is 2.32. The van der Waals surface area contributed by atoms with Crippen molar-refractivity contribution < 1.29 is 14.3 Å². The smallest absolute Gasteiger partial charge is 0.264 e. The number of anilines is 1. The number of carbonyl (C=O) groups is 2. The summed E-state index contributed by atoms with van der Waals surface area (Å²) in [5.41, 5.74) is 1.56. The van der Waals surface area contributed by atoms with Crippen molar-refractivity contribution in [3.8, 4) is 5.75 Å². The average molecular weight is 415 g/mol. The van der Waals surface area contributed by atoms with Crippen molar-refractivity contribution in [1.82, 2.24) is 4.90 Å². The molecule has 1 aliphatic rings. The Hall–Kier alpha value is -2.34. The molecule has 2 heterocycles. The molecule has 0 saturated carbocycles. The molecule has 3 rings (SSSR count). The van der Waals surface area contributed by atoms with Crippen molar-refractivity contribution in [1.29, 1.82) is 0 Å². The van der Waals surface area contributed by atoms with E-state index in [0.717, 1.165) is 41.3 Å². The largest absolute Gasteiger partial charge is 0.494 e. The van der Waals surface area contributed by atoms with Crippen molar-refractivity contribution in [2.75, 3.05) is 18.5 Å². The van der Waals surface area contributed by atoms with E-state index in [-0.39, 0.29) is 17.9 Å². The molecule has 0 bridgehead atoms. The first-order valence-corrected chi connectivity index (χ1v) is 11.0. The molecule has 0 radical (unpaired) electrons. The summed E-state index contributed by atoms with van der Waals surface area (Å²) in [4.78, 5) is 28.3. The molecular weight excluding hydrogens is 384 g/mol. The lowest BCUT2D eigenvalue weighted by Gasteiger charge is -2.25. The number of hydrogen-bond acceptors (Lipinski definition) is 4. The number of ether oxygens (including phenoxy) is 1. The van der Waals surface area contributed by atoms with E-state index in [1.165, 1.54) is 11.3 Å². The Morgan fingerprint density at radius 2 is 1.93 bits per heavy atom. The van der Waals surface area contributed by atoms with Gasteiger partial charge in [0, 0.05) is 12.0 Å². The molecule has 1 fully saturated rings. The topological polar surface area (TPSA) is 58.6 Å². The quantitative estimate of drug-likeness (QED) is 0.711. The van der Waals surface area contributed by atoms with E-state index in [2.05, 4.69) is 17.4 Å². The first kappa shape index (κ1) is 21.4. The van der Waals surface area contributed by atoms with E-state index in [9.17, 15) is 9.59 Å². The molecule has 2 amide bonds. The number of nitrogens with zero attached hydrogens (tertiary/aromatic N) is 1. The van der Waals surface area contributed by atoms with Gasteiger partial charge in [-0.2, -0.15) is 0 Å². The van der Waals surface area contributed by atoms with Crippen LogP contribution in [0.15, 0.2) is 30.3 Å². The molecule has 5 nitrogen and oxygen atoms in total. The Kier molecular flexibility index (Phi) is 6.32. The Bertz CT molecular complexity index is 881. The van der Waals surface area contributed by atoms with Crippen molar-refractivity contribution in [3.63, 3.8) is 0 Å². The van der Waals surface area contributed by atoms with Crippen molar-refractivity contribution >= 4 is 28.2 Å². The molecule has 1 aromatic carbocycles. The van der Waals surface area contributed by atoms with Gasteiger partial charge in [-0.3, -0.25) is 9.59 Å². The number of benzene rings is 1. The zero-order chi connectivity index (χ0) is 21.2. The third-order valence-corrected chi connectivity index (χ3v) is 6.26. The van der Waals surface area contributed by atoms with Gasteiger partial charge in [-0.25, -0.2) is 0 Å². The van der Waals surface area contributed by atoms with E-state index in [0.29, 0.717) is 11.5 Å². The second-order valence-corrected chi connectivity index (χ2v) is 9.54. The molecule has 2 aromatic rings. The van der Waals surface area contributed by atoms with E-state index in [4.69, 9.17) is 4.74 Å². The van der Waals surface area contributed by atoms with Gasteiger partial charge >= 0.3 is 0 Å². The molecule has 1 aromatic heterocycles. The fraction of sp³-hybridized carbons (Fsp3) is 0.478. The number of amides is 2. The lowest BCUT2D eigenvalue weighted by atomic mass is 9.96. The van der Waals surface area contributed by atoms with Gasteiger partial charge in [-0.15, -0.1) is 11.3 Å². The lowest BCUT2D eigenvalue weighted by Crippen LogP contribution is -2.30. The average Bonchev–Trinajstić information content (AvgIpc) is 3.28. The predicted molar refractivity (Wildman–Crippen MR) is 118 cm³/mol. The van der Waals surface area contributed by atoms with E-state index < -0.39 is 5.41 Å². The minimum absolute atomic E-state index is 0.0418. The molecule has 1 atom stereocenters. The summed E-state index contributed by atoms with van der Waals surface area (Å²) in [7, 11) is 0. The van der Waals surface area contributed by atoms with Crippen LogP contribution in [-0.2, 0) is 4.79 Å². The number of rotatable bonds is 5. The molecule has 0 aliphatic carbocycles. The summed E-state index contributed by atoms with van der Waals surface area (Å²) in [5.74, 6) is 0.840. The van der Waals surface area contributed by atoms with Gasteiger partial charge < -0.3 is 15.0 Å². The van der Waals surface area contributed by atoms with Gasteiger partial charge in [-0.1, -0.05) is 32.9 Å². The highest BCUT2D eigenvalue weighted by atomic mass is 32.1. The molecule has 1 unspecified atom stereocenters. The van der Waals surface area contributed by atoms with Crippen molar-refractivity contribution in [2.24, 2.45) is 5.41 Å². The Morgan fingerprint density at radius 1 is 1.24 bits per heavy atom. The summed E-state index contributed by atoms with van der Waals surface area (Å²) in [6, 6.07) is 10.0. The maximum absolute atomic E-state index is 13.3. The van der Waals surface area contributed by atoms with E-state index >= 15 is 0 Å². The zero-order valence-electron chi connectivity index (χ0n) is 17.9. The fourth-order valence-electron chi connectivity index (χ4n) is 3.50. The predicted octanol–water partition coefficient (Wildman–Crippen LogP) is 5.42. The van der Waals surface area contributed by atoms with Crippen molar-refractivity contribution in [2.45, 2.75) is 53.5 Å². The summed E-state index contributed by atoms with van der Waals surface area (Å²) in [6.45, 7) is 10.9. The number of hydrogen-bond donors (Lipinski definition) is 1. The minimum Gasteiger partial charge on any atom is -0.494 e. The highest BCUT2D eigenvalue weighted by Crippen LogP contribution is 2.37. The normalized spacial score (nSPS) is 16.7. The fourth-order valence-corrected chi connectivity index (χ4v) is 4.52. The molecule has 6 heteroatoms. The van der Waals surface area contributed by atoms with Crippen LogP contribution >= 0.6 is 11.3 Å². The molecule has 1 saturated heterocycles. The first-order chi connectivity index (χ1) is 13.7.